The Morgan fingerprint density at radius 1 is 1.22 bits per heavy atom. The maximum Gasteiger partial charge on any atom is 0.272 e. The first kappa shape index (κ1) is 23.3. The molecule has 3 rings (SSSR count). The van der Waals surface area contributed by atoms with Crippen LogP contribution in [0.5, 0.6) is 0 Å². The van der Waals surface area contributed by atoms with Gasteiger partial charge in [-0.15, -0.1) is 0 Å². The summed E-state index contributed by atoms with van der Waals surface area (Å²) in [7, 11) is 0. The number of hydrogen-bond acceptors (Lipinski definition) is 3. The van der Waals surface area contributed by atoms with Crippen molar-refractivity contribution in [2.24, 2.45) is 10.9 Å². The number of allylic oxidation sites excluding steroid dienone is 3. The first-order valence-electron chi connectivity index (χ1n) is 10.9. The highest BCUT2D eigenvalue weighted by Crippen LogP contribution is 2.32. The molecule has 1 aromatic carbocycles. The molecular formula is C27H30FN3O. The number of pyridine rings is 1. The van der Waals surface area contributed by atoms with Gasteiger partial charge in [0.2, 0.25) is 0 Å². The maximum absolute atomic E-state index is 13.4. The summed E-state index contributed by atoms with van der Waals surface area (Å²) in [5.41, 5.74) is 5.59. The molecule has 1 aliphatic heterocycles. The van der Waals surface area contributed by atoms with E-state index < -0.39 is 0 Å². The number of amides is 1. The third kappa shape index (κ3) is 5.47. The van der Waals surface area contributed by atoms with E-state index in [0.29, 0.717) is 24.5 Å². The Kier molecular flexibility index (Phi) is 7.52. The quantitative estimate of drug-likeness (QED) is 0.519. The predicted octanol–water partition coefficient (Wildman–Crippen LogP) is 6.10. The van der Waals surface area contributed by atoms with Crippen LogP contribution in [0.2, 0.25) is 0 Å². The second kappa shape index (κ2) is 10.3. The van der Waals surface area contributed by atoms with Gasteiger partial charge in [-0.3, -0.25) is 14.8 Å². The van der Waals surface area contributed by atoms with Crippen molar-refractivity contribution >= 4 is 22.9 Å². The van der Waals surface area contributed by atoms with E-state index >= 15 is 0 Å². The largest absolute Gasteiger partial charge is 0.337 e. The summed E-state index contributed by atoms with van der Waals surface area (Å²) in [4.78, 5) is 23.6. The summed E-state index contributed by atoms with van der Waals surface area (Å²) in [5.74, 6) is -0.0285. The van der Waals surface area contributed by atoms with E-state index in [2.05, 4.69) is 23.1 Å². The lowest BCUT2D eigenvalue weighted by Crippen LogP contribution is -2.39. The summed E-state index contributed by atoms with van der Waals surface area (Å²) in [6.45, 7) is 15.3. The van der Waals surface area contributed by atoms with Gasteiger partial charge < -0.3 is 4.90 Å². The van der Waals surface area contributed by atoms with Crippen LogP contribution in [-0.4, -0.2) is 34.6 Å². The number of nitrogens with zero attached hydrogens (tertiary/aromatic N) is 3. The van der Waals surface area contributed by atoms with E-state index in [1.165, 1.54) is 12.1 Å². The number of carbonyl (C=O) groups is 1. The standard InChI is InChI=1S/C27H30FN3O/c1-6-7-19(3)30-21(5)23-8-11-26(29-17-23)27(32)31-14-12-22(13-15-31)20(4)25-10-9-24(28)16-18(25)2/h6-11,16-17,22H,4-5,12-15H2,1-3H3/b7-6-,30-19?. The summed E-state index contributed by atoms with van der Waals surface area (Å²) in [6, 6.07) is 8.38. The molecule has 166 valence electrons. The minimum Gasteiger partial charge on any atom is -0.337 e. The number of halogens is 1. The molecule has 0 N–H and O–H groups in total. The summed E-state index contributed by atoms with van der Waals surface area (Å²) >= 11 is 0. The normalized spacial score (nSPS) is 15.2. The highest BCUT2D eigenvalue weighted by molar-refractivity contribution is 5.96. The molecular weight excluding hydrogens is 401 g/mol. The predicted molar refractivity (Wildman–Crippen MR) is 130 cm³/mol. The van der Waals surface area contributed by atoms with E-state index in [-0.39, 0.29) is 17.6 Å². The molecule has 32 heavy (non-hydrogen) atoms. The molecule has 1 aliphatic rings. The zero-order valence-electron chi connectivity index (χ0n) is 19.1. The lowest BCUT2D eigenvalue weighted by atomic mass is 9.84. The van der Waals surface area contributed by atoms with Crippen molar-refractivity contribution in [3.8, 4) is 0 Å². The number of piperidine rings is 1. The number of rotatable bonds is 6. The van der Waals surface area contributed by atoms with Crippen molar-refractivity contribution in [2.75, 3.05) is 13.1 Å². The summed E-state index contributed by atoms with van der Waals surface area (Å²) < 4.78 is 13.4. The number of likely N-dealkylation sites (tertiary alicyclic amines) is 1. The van der Waals surface area contributed by atoms with Gasteiger partial charge in [-0.25, -0.2) is 4.39 Å². The second-order valence-electron chi connectivity index (χ2n) is 8.18. The molecule has 0 aliphatic carbocycles. The minimum absolute atomic E-state index is 0.0715. The molecule has 1 saturated heterocycles. The topological polar surface area (TPSA) is 45.6 Å². The minimum atomic E-state index is -0.235. The molecule has 4 nitrogen and oxygen atoms in total. The molecule has 0 saturated carbocycles. The summed E-state index contributed by atoms with van der Waals surface area (Å²) in [5, 5.41) is 0. The van der Waals surface area contributed by atoms with Gasteiger partial charge in [0.05, 0.1) is 5.70 Å². The van der Waals surface area contributed by atoms with Crippen LogP contribution in [-0.2, 0) is 0 Å². The average Bonchev–Trinajstić information content (AvgIpc) is 2.78. The summed E-state index contributed by atoms with van der Waals surface area (Å²) in [6.07, 6.45) is 7.13. The van der Waals surface area contributed by atoms with Crippen LogP contribution in [0.25, 0.3) is 11.3 Å². The third-order valence-corrected chi connectivity index (χ3v) is 5.84. The molecule has 0 radical (unpaired) electrons. The number of aryl methyl sites for hydroxylation is 1. The van der Waals surface area contributed by atoms with Crippen LogP contribution >= 0.6 is 0 Å². The van der Waals surface area contributed by atoms with Crippen LogP contribution in [0.4, 0.5) is 4.39 Å². The fraction of sp³-hybridized carbons (Fsp3) is 0.296. The molecule has 2 heterocycles. The number of benzene rings is 1. The zero-order chi connectivity index (χ0) is 23.3. The van der Waals surface area contributed by atoms with E-state index in [0.717, 1.165) is 40.8 Å². The number of aliphatic imine (C=N–C) groups is 1. The fourth-order valence-corrected chi connectivity index (χ4v) is 4.05. The SMILES string of the molecule is C=C(N=C(C)/C=C\C)c1ccc(C(=O)N2CCC(C(=C)c3ccc(F)cc3C)CC2)nc1. The van der Waals surface area contributed by atoms with Crippen molar-refractivity contribution in [1.29, 1.82) is 0 Å². The molecule has 1 aromatic heterocycles. The van der Waals surface area contributed by atoms with E-state index in [1.807, 2.05) is 43.9 Å². The monoisotopic (exact) mass is 431 g/mol. The second-order valence-corrected chi connectivity index (χ2v) is 8.18. The van der Waals surface area contributed by atoms with Crippen LogP contribution in [0.1, 0.15) is 53.9 Å². The van der Waals surface area contributed by atoms with Gasteiger partial charge in [0.25, 0.3) is 5.91 Å². The van der Waals surface area contributed by atoms with Crippen LogP contribution in [0.3, 0.4) is 0 Å². The Balaban J connectivity index is 1.61. The lowest BCUT2D eigenvalue weighted by molar-refractivity contribution is 0.0702. The average molecular weight is 432 g/mol. The Morgan fingerprint density at radius 2 is 1.94 bits per heavy atom. The van der Waals surface area contributed by atoms with E-state index in [1.54, 1.807) is 18.3 Å². The Bertz CT molecular complexity index is 1070. The highest BCUT2D eigenvalue weighted by Gasteiger charge is 2.26. The van der Waals surface area contributed by atoms with Crippen molar-refractivity contribution in [2.45, 2.75) is 33.6 Å². The van der Waals surface area contributed by atoms with Crippen molar-refractivity contribution < 1.29 is 9.18 Å². The molecule has 0 atom stereocenters. The van der Waals surface area contributed by atoms with Gasteiger partial charge >= 0.3 is 0 Å². The number of carbonyl (C=O) groups excluding carboxylic acids is 1. The van der Waals surface area contributed by atoms with Gasteiger partial charge in [0.15, 0.2) is 0 Å². The van der Waals surface area contributed by atoms with Crippen molar-refractivity contribution in [1.82, 2.24) is 9.88 Å². The van der Waals surface area contributed by atoms with Crippen LogP contribution in [0.15, 0.2) is 66.8 Å². The molecule has 2 aromatic rings. The Labute approximate surface area is 189 Å². The molecule has 0 bridgehead atoms. The first-order chi connectivity index (χ1) is 15.3. The molecule has 0 unspecified atom stereocenters. The van der Waals surface area contributed by atoms with Gasteiger partial charge in [0.1, 0.15) is 11.5 Å². The zero-order valence-corrected chi connectivity index (χ0v) is 19.1. The Morgan fingerprint density at radius 3 is 2.53 bits per heavy atom. The number of hydrogen-bond donors (Lipinski definition) is 0. The lowest BCUT2D eigenvalue weighted by Gasteiger charge is -2.33. The van der Waals surface area contributed by atoms with E-state index in [9.17, 15) is 9.18 Å². The number of aromatic nitrogens is 1. The van der Waals surface area contributed by atoms with Crippen molar-refractivity contribution in [3.05, 3.63) is 90.0 Å². The third-order valence-electron chi connectivity index (χ3n) is 5.84. The molecule has 0 spiro atoms. The molecule has 1 fully saturated rings. The fourth-order valence-electron chi connectivity index (χ4n) is 4.05. The van der Waals surface area contributed by atoms with Crippen LogP contribution < -0.4 is 0 Å². The van der Waals surface area contributed by atoms with Crippen molar-refractivity contribution in [3.63, 3.8) is 0 Å². The van der Waals surface area contributed by atoms with Gasteiger partial charge in [0, 0.05) is 30.6 Å². The first-order valence-corrected chi connectivity index (χ1v) is 10.9. The molecule has 5 heteroatoms. The Hall–Kier alpha value is -3.34. The van der Waals surface area contributed by atoms with E-state index in [4.69, 9.17) is 0 Å². The smallest absolute Gasteiger partial charge is 0.272 e. The van der Waals surface area contributed by atoms with Gasteiger partial charge in [-0.2, -0.15) is 0 Å². The van der Waals surface area contributed by atoms with Gasteiger partial charge in [-0.05, 0) is 86.6 Å². The molecule has 1 amide bonds. The highest BCUT2D eigenvalue weighted by atomic mass is 19.1. The van der Waals surface area contributed by atoms with Crippen LogP contribution in [0, 0.1) is 18.7 Å². The van der Waals surface area contributed by atoms with Gasteiger partial charge in [-0.1, -0.05) is 25.3 Å². The maximum atomic E-state index is 13.4.